The SMILES string of the molecule is C.C.C[C@@H]1COCCN1c1cc(N=S(C)(C)=O)nc(Cl)n1.Cc1nn2ccccc2c1-c1nc(N=S(C)(C)=O)cc(N2CCOC[C@H]2C)n1.Cc1nn2ccccc2c1B1OC(C)(C)C(C)(C)O1. The first kappa shape index (κ1) is 54.2. The predicted octanol–water partition coefficient (Wildman–Crippen LogP) is 7.61. The average molecular weight is 996 g/mol. The van der Waals surface area contributed by atoms with Gasteiger partial charge in [-0.1, -0.05) is 27.0 Å². The second kappa shape index (κ2) is 21.5. The van der Waals surface area contributed by atoms with Gasteiger partial charge in [-0.2, -0.15) is 23.9 Å². The lowest BCUT2D eigenvalue weighted by Gasteiger charge is -2.34. The Balaban J connectivity index is 0.000000193. The highest BCUT2D eigenvalue weighted by Gasteiger charge is 2.53. The topological polar surface area (TPSA) is 188 Å². The zero-order chi connectivity index (χ0) is 47.8. The summed E-state index contributed by atoms with van der Waals surface area (Å²) in [5.41, 5.74) is 4.98. The van der Waals surface area contributed by atoms with Gasteiger partial charge in [-0.3, -0.25) is 0 Å². The molecule has 0 spiro atoms. The van der Waals surface area contributed by atoms with Crippen molar-refractivity contribution in [2.75, 3.05) is 74.3 Å². The minimum atomic E-state index is -2.36. The highest BCUT2D eigenvalue weighted by molar-refractivity contribution is 7.92. The van der Waals surface area contributed by atoms with Crippen LogP contribution in [-0.4, -0.2) is 143 Å². The maximum Gasteiger partial charge on any atom is 0.499 e. The molecule has 0 unspecified atom stereocenters. The molecule has 0 N–H and O–H groups in total. The second-order valence-electron chi connectivity index (χ2n) is 18.1. The van der Waals surface area contributed by atoms with Gasteiger partial charge in [0.1, 0.15) is 11.6 Å². The maximum atomic E-state index is 12.3. The number of nitrogens with zero attached hydrogens (tertiary/aromatic N) is 12. The standard InChI is InChI=1S/C19H24N6O2S.C14H19BN2O2.C11H17ClN4O2S.2CH4/c1-13-12-27-10-9-24(13)17-11-16(23-28(3,4)26)20-19(21-17)18-14(2)22-25-8-6-5-7-15(18)25;1-10-12(11-8-6-7-9-17(11)16-10)15-18-13(2,3)14(4,5)19-15;1-8-7-18-5-4-16(8)10-6-9(13-11(12)14-10)15-19(2,3)17;;/h5-8,11,13H,9-10,12H2,1-4H3;6-9H,1-5H3;6,8H,4-5,7H2,1-3H3;2*1H4/t13-;;8-;;/m1.1../s1. The molecule has 3 fully saturated rings. The van der Waals surface area contributed by atoms with Gasteiger partial charge in [-0.25, -0.2) is 32.4 Å². The molecule has 0 saturated carbocycles. The fourth-order valence-electron chi connectivity index (χ4n) is 7.68. The summed E-state index contributed by atoms with van der Waals surface area (Å²) >= 11 is 5.91. The van der Waals surface area contributed by atoms with Crippen LogP contribution in [0.4, 0.5) is 23.3 Å². The van der Waals surface area contributed by atoms with Crippen molar-refractivity contribution in [3.63, 3.8) is 0 Å². The third-order valence-electron chi connectivity index (χ3n) is 11.5. The Bertz CT molecular complexity index is 2950. The first-order chi connectivity index (χ1) is 31.0. The molecule has 0 bridgehead atoms. The molecule has 0 aliphatic carbocycles. The average Bonchev–Trinajstić information content (AvgIpc) is 3.81. The number of fused-ring (bicyclic) bond motifs is 2. The van der Waals surface area contributed by atoms with Crippen molar-refractivity contribution in [2.45, 2.75) is 93.5 Å². The van der Waals surface area contributed by atoms with Gasteiger partial charge in [0, 0.05) is 87.6 Å². The Labute approximate surface area is 408 Å². The second-order valence-corrected chi connectivity index (χ2v) is 23.6. The third kappa shape index (κ3) is 12.7. The van der Waals surface area contributed by atoms with Crippen molar-refractivity contribution in [3.05, 3.63) is 77.6 Å². The quantitative estimate of drug-likeness (QED) is 0.117. The normalized spacial score (nSPS) is 19.0. The molecule has 3 aliphatic heterocycles. The number of pyridine rings is 2. The van der Waals surface area contributed by atoms with Crippen molar-refractivity contribution in [3.8, 4) is 11.4 Å². The monoisotopic (exact) mass is 994 g/mol. The Morgan fingerprint density at radius 3 is 1.68 bits per heavy atom. The van der Waals surface area contributed by atoms with Crippen LogP contribution in [0.25, 0.3) is 22.4 Å². The molecular weight excluding hydrogens is 927 g/mol. The molecule has 68 heavy (non-hydrogen) atoms. The summed E-state index contributed by atoms with van der Waals surface area (Å²) in [6, 6.07) is 15.8. The van der Waals surface area contributed by atoms with Crippen LogP contribution in [0.15, 0.2) is 69.7 Å². The number of anilines is 2. The van der Waals surface area contributed by atoms with Crippen molar-refractivity contribution in [1.82, 2.24) is 39.2 Å². The third-order valence-corrected chi connectivity index (χ3v) is 12.9. The summed E-state index contributed by atoms with van der Waals surface area (Å²) in [5.74, 6) is 2.76. The smallest absolute Gasteiger partial charge is 0.399 e. The molecule has 2 atom stereocenters. The van der Waals surface area contributed by atoms with Crippen LogP contribution in [0.1, 0.15) is 67.8 Å². The predicted molar refractivity (Wildman–Crippen MR) is 277 cm³/mol. The van der Waals surface area contributed by atoms with Gasteiger partial charge in [-0.15, -0.1) is 0 Å². The zero-order valence-electron chi connectivity index (χ0n) is 39.8. The Morgan fingerprint density at radius 2 is 1.16 bits per heavy atom. The fraction of sp³-hybridized carbons (Fsp3) is 0.522. The number of ether oxygens (including phenoxy) is 2. The van der Waals surface area contributed by atoms with E-state index in [4.69, 9.17) is 35.4 Å². The summed E-state index contributed by atoms with van der Waals surface area (Å²) in [4.78, 5) is 21.9. The first-order valence-electron chi connectivity index (χ1n) is 21.7. The number of hydrogen-bond donors (Lipinski definition) is 0. The first-order valence-corrected chi connectivity index (χ1v) is 26.7. The van der Waals surface area contributed by atoms with Crippen molar-refractivity contribution in [2.24, 2.45) is 8.73 Å². The van der Waals surface area contributed by atoms with Gasteiger partial charge in [0.05, 0.1) is 77.7 Å². The number of halogens is 1. The number of aryl methyl sites for hydroxylation is 2. The van der Waals surface area contributed by atoms with E-state index in [1.54, 1.807) is 37.2 Å². The van der Waals surface area contributed by atoms with Gasteiger partial charge in [0.15, 0.2) is 17.5 Å². The zero-order valence-corrected chi connectivity index (χ0v) is 42.1. The highest BCUT2D eigenvalue weighted by atomic mass is 35.5. The summed E-state index contributed by atoms with van der Waals surface area (Å²) < 4.78 is 59.3. The van der Waals surface area contributed by atoms with Crippen LogP contribution in [0.5, 0.6) is 0 Å². The van der Waals surface area contributed by atoms with Crippen molar-refractivity contribution >= 4 is 77.9 Å². The van der Waals surface area contributed by atoms with Crippen molar-refractivity contribution in [1.29, 1.82) is 0 Å². The lowest BCUT2D eigenvalue weighted by atomic mass is 9.78. The molecular formula is C46H68BClN12O6S2. The molecule has 370 valence electrons. The van der Waals surface area contributed by atoms with Crippen LogP contribution in [0, 0.1) is 13.8 Å². The minimum absolute atomic E-state index is 0. The number of morpholine rings is 2. The summed E-state index contributed by atoms with van der Waals surface area (Å²) in [6.45, 7) is 20.4. The Morgan fingerprint density at radius 1 is 0.691 bits per heavy atom. The molecule has 22 heteroatoms. The highest BCUT2D eigenvalue weighted by Crippen LogP contribution is 2.37. The van der Waals surface area contributed by atoms with Crippen LogP contribution in [0.2, 0.25) is 5.28 Å². The molecule has 9 heterocycles. The summed E-state index contributed by atoms with van der Waals surface area (Å²) in [7, 11) is -4.98. The van der Waals surface area contributed by atoms with Gasteiger partial charge < -0.3 is 28.6 Å². The van der Waals surface area contributed by atoms with Crippen LogP contribution < -0.4 is 15.3 Å². The van der Waals surface area contributed by atoms with Crippen LogP contribution in [-0.2, 0) is 38.2 Å². The van der Waals surface area contributed by atoms with Gasteiger partial charge in [0.25, 0.3) is 0 Å². The molecule has 0 amide bonds. The molecule has 6 aromatic rings. The van der Waals surface area contributed by atoms with E-state index in [1.807, 2.05) is 71.7 Å². The molecule has 0 aromatic carbocycles. The van der Waals surface area contributed by atoms with Crippen LogP contribution >= 0.6 is 11.6 Å². The maximum absolute atomic E-state index is 12.3. The van der Waals surface area contributed by atoms with Gasteiger partial charge in [0.2, 0.25) is 5.28 Å². The molecule has 3 aliphatic rings. The Hall–Kier alpha value is -4.77. The lowest BCUT2D eigenvalue weighted by Crippen LogP contribution is -2.44. The molecule has 6 aromatic heterocycles. The van der Waals surface area contributed by atoms with Crippen LogP contribution in [0.3, 0.4) is 0 Å². The summed E-state index contributed by atoms with van der Waals surface area (Å²) in [6.07, 6.45) is 10.2. The van der Waals surface area contributed by atoms with Gasteiger partial charge in [-0.05, 0) is 91.3 Å². The van der Waals surface area contributed by atoms with E-state index in [1.165, 1.54) is 0 Å². The molecule has 9 rings (SSSR count). The van der Waals surface area contributed by atoms with Gasteiger partial charge >= 0.3 is 7.12 Å². The molecule has 18 nitrogen and oxygen atoms in total. The van der Waals surface area contributed by atoms with E-state index in [2.05, 4.69) is 85.2 Å². The Kier molecular flexibility index (Phi) is 17.1. The number of hydrogen-bond acceptors (Lipinski definition) is 16. The molecule has 0 radical (unpaired) electrons. The fourth-order valence-corrected chi connectivity index (χ4v) is 8.94. The minimum Gasteiger partial charge on any atom is -0.399 e. The van der Waals surface area contributed by atoms with E-state index in [-0.39, 0.29) is 50.5 Å². The number of rotatable bonds is 6. The van der Waals surface area contributed by atoms with E-state index in [0.717, 1.165) is 52.4 Å². The van der Waals surface area contributed by atoms with E-state index in [9.17, 15) is 8.42 Å². The van der Waals surface area contributed by atoms with Crippen molar-refractivity contribution < 1.29 is 27.2 Å². The number of aromatic nitrogens is 8. The largest absolute Gasteiger partial charge is 0.499 e. The van der Waals surface area contributed by atoms with E-state index >= 15 is 0 Å². The van der Waals surface area contributed by atoms with E-state index in [0.29, 0.717) is 49.7 Å². The van der Waals surface area contributed by atoms with E-state index < -0.39 is 19.5 Å². The summed E-state index contributed by atoms with van der Waals surface area (Å²) in [5, 5.41) is 9.19. The lowest BCUT2D eigenvalue weighted by molar-refractivity contribution is 0.00578. The molecule has 3 saturated heterocycles.